The zero-order chi connectivity index (χ0) is 22.3. The molecule has 0 saturated carbocycles. The van der Waals surface area contributed by atoms with Crippen LogP contribution in [0.5, 0.6) is 0 Å². The summed E-state index contributed by atoms with van der Waals surface area (Å²) in [6.45, 7) is 6.90. The lowest BCUT2D eigenvalue weighted by Gasteiger charge is -2.28. The number of ether oxygens (including phenoxy) is 1. The first-order chi connectivity index (χ1) is 15.6. The van der Waals surface area contributed by atoms with Crippen molar-refractivity contribution in [2.24, 2.45) is 0 Å². The van der Waals surface area contributed by atoms with Crippen LogP contribution in [-0.4, -0.2) is 42.2 Å². The Bertz CT molecular complexity index is 1080. The van der Waals surface area contributed by atoms with Gasteiger partial charge in [0, 0.05) is 42.0 Å². The Hall–Kier alpha value is -2.43. The molecular formula is C24H23IN4O2S. The molecule has 0 atom stereocenters. The lowest BCUT2D eigenvalue weighted by atomic mass is 10.1. The van der Waals surface area contributed by atoms with Gasteiger partial charge in [0.1, 0.15) is 10.9 Å². The largest absolute Gasteiger partial charge is 0.378 e. The van der Waals surface area contributed by atoms with E-state index in [4.69, 9.17) is 9.72 Å². The van der Waals surface area contributed by atoms with Gasteiger partial charge in [-0.3, -0.25) is 4.79 Å². The molecule has 0 unspecified atom stereocenters. The highest BCUT2D eigenvalue weighted by atomic mass is 127. The number of nitrogens with zero attached hydrogens (tertiary/aromatic N) is 3. The molecule has 164 valence electrons. The summed E-state index contributed by atoms with van der Waals surface area (Å²) in [4.78, 5) is 24.1. The molecule has 32 heavy (non-hydrogen) atoms. The minimum absolute atomic E-state index is 0.224. The van der Waals surface area contributed by atoms with Crippen LogP contribution in [-0.2, 0) is 16.0 Å². The number of aromatic nitrogens is 2. The fraction of sp³-hybridized carbons (Fsp3) is 0.208. The summed E-state index contributed by atoms with van der Waals surface area (Å²) in [5.74, 6) is 0.570. The fourth-order valence-electron chi connectivity index (χ4n) is 3.28. The van der Waals surface area contributed by atoms with Gasteiger partial charge in [0.2, 0.25) is 5.91 Å². The number of carbonyl (C=O) groups excluding carboxylic acids is 1. The SMILES string of the molecule is C=CC(=O)Nc1ccc(Sc2nc(Cc3ccc(N4CCOCC4)cc3)ncc2I)cc1. The third kappa shape index (κ3) is 6.08. The number of hydrogen-bond acceptors (Lipinski definition) is 6. The molecular weight excluding hydrogens is 535 g/mol. The van der Waals surface area contributed by atoms with Gasteiger partial charge in [0.15, 0.2) is 0 Å². The van der Waals surface area contributed by atoms with Gasteiger partial charge >= 0.3 is 0 Å². The molecule has 1 aromatic heterocycles. The maximum Gasteiger partial charge on any atom is 0.247 e. The van der Waals surface area contributed by atoms with Crippen molar-refractivity contribution >= 4 is 51.6 Å². The van der Waals surface area contributed by atoms with Crippen LogP contribution in [0.25, 0.3) is 0 Å². The summed E-state index contributed by atoms with van der Waals surface area (Å²) >= 11 is 3.85. The first-order valence-corrected chi connectivity index (χ1v) is 12.1. The average molecular weight is 558 g/mol. The second-order valence-corrected chi connectivity index (χ2v) is 9.43. The van der Waals surface area contributed by atoms with Gasteiger partial charge < -0.3 is 15.0 Å². The molecule has 3 aromatic rings. The Morgan fingerprint density at radius 3 is 2.56 bits per heavy atom. The Morgan fingerprint density at radius 1 is 1.16 bits per heavy atom. The topological polar surface area (TPSA) is 67.4 Å². The van der Waals surface area contributed by atoms with E-state index in [1.807, 2.05) is 30.5 Å². The smallest absolute Gasteiger partial charge is 0.247 e. The van der Waals surface area contributed by atoms with Gasteiger partial charge in [-0.1, -0.05) is 30.5 Å². The van der Waals surface area contributed by atoms with E-state index in [2.05, 4.69) is 68.6 Å². The molecule has 0 bridgehead atoms. The highest BCUT2D eigenvalue weighted by molar-refractivity contribution is 14.1. The normalized spacial score (nSPS) is 13.6. The van der Waals surface area contributed by atoms with Crippen molar-refractivity contribution in [2.75, 3.05) is 36.5 Å². The van der Waals surface area contributed by atoms with Crippen molar-refractivity contribution in [3.05, 3.63) is 82.3 Å². The average Bonchev–Trinajstić information content (AvgIpc) is 2.83. The fourth-order valence-corrected chi connectivity index (χ4v) is 4.67. The molecule has 4 rings (SSSR count). The van der Waals surface area contributed by atoms with Crippen LogP contribution in [0.3, 0.4) is 0 Å². The zero-order valence-corrected chi connectivity index (χ0v) is 20.4. The maximum atomic E-state index is 11.4. The molecule has 1 aliphatic heterocycles. The summed E-state index contributed by atoms with van der Waals surface area (Å²) in [7, 11) is 0. The molecule has 2 aromatic carbocycles. The number of benzene rings is 2. The van der Waals surface area contributed by atoms with Crippen molar-refractivity contribution in [2.45, 2.75) is 16.3 Å². The van der Waals surface area contributed by atoms with Crippen molar-refractivity contribution in [1.29, 1.82) is 0 Å². The second kappa shape index (κ2) is 10.9. The van der Waals surface area contributed by atoms with E-state index in [1.54, 1.807) is 11.8 Å². The minimum Gasteiger partial charge on any atom is -0.378 e. The molecule has 1 saturated heterocycles. The Kier molecular flexibility index (Phi) is 7.77. The van der Waals surface area contributed by atoms with E-state index in [1.165, 1.54) is 17.3 Å². The molecule has 0 spiro atoms. The summed E-state index contributed by atoms with van der Waals surface area (Å²) in [6.07, 6.45) is 3.80. The molecule has 0 radical (unpaired) electrons. The molecule has 1 fully saturated rings. The highest BCUT2D eigenvalue weighted by Gasteiger charge is 2.12. The first-order valence-electron chi connectivity index (χ1n) is 10.2. The van der Waals surface area contributed by atoms with E-state index in [0.717, 1.165) is 51.3 Å². The van der Waals surface area contributed by atoms with Crippen LogP contribution >= 0.6 is 34.4 Å². The number of rotatable bonds is 7. The molecule has 2 heterocycles. The Labute approximate surface area is 205 Å². The van der Waals surface area contributed by atoms with Crippen molar-refractivity contribution in [1.82, 2.24) is 9.97 Å². The molecule has 6 nitrogen and oxygen atoms in total. The molecule has 1 N–H and O–H groups in total. The number of hydrogen-bond donors (Lipinski definition) is 1. The van der Waals surface area contributed by atoms with Crippen molar-refractivity contribution in [3.63, 3.8) is 0 Å². The maximum absolute atomic E-state index is 11.4. The van der Waals surface area contributed by atoms with E-state index >= 15 is 0 Å². The van der Waals surface area contributed by atoms with E-state index in [9.17, 15) is 4.79 Å². The second-order valence-electron chi connectivity index (χ2n) is 7.20. The third-order valence-electron chi connectivity index (χ3n) is 4.96. The summed E-state index contributed by atoms with van der Waals surface area (Å²) in [5, 5.41) is 3.67. The number of halogens is 1. The van der Waals surface area contributed by atoms with E-state index in [0.29, 0.717) is 6.42 Å². The van der Waals surface area contributed by atoms with Gasteiger partial charge in [-0.25, -0.2) is 9.97 Å². The van der Waals surface area contributed by atoms with Gasteiger partial charge in [-0.2, -0.15) is 0 Å². The van der Waals surface area contributed by atoms with Crippen molar-refractivity contribution < 1.29 is 9.53 Å². The Balaban J connectivity index is 1.42. The van der Waals surface area contributed by atoms with Gasteiger partial charge in [-0.05, 0) is 70.6 Å². The number of nitrogens with one attached hydrogen (secondary N) is 1. The Morgan fingerprint density at radius 2 is 1.88 bits per heavy atom. The lowest BCUT2D eigenvalue weighted by Crippen LogP contribution is -2.36. The summed E-state index contributed by atoms with van der Waals surface area (Å²) in [6, 6.07) is 16.3. The summed E-state index contributed by atoms with van der Waals surface area (Å²) < 4.78 is 6.43. The number of carbonyl (C=O) groups is 1. The van der Waals surface area contributed by atoms with Crippen LogP contribution < -0.4 is 10.2 Å². The zero-order valence-electron chi connectivity index (χ0n) is 17.5. The van der Waals surface area contributed by atoms with Crippen LogP contribution in [0.1, 0.15) is 11.4 Å². The van der Waals surface area contributed by atoms with Gasteiger partial charge in [0.05, 0.1) is 16.8 Å². The van der Waals surface area contributed by atoms with E-state index < -0.39 is 0 Å². The van der Waals surface area contributed by atoms with Crippen molar-refractivity contribution in [3.8, 4) is 0 Å². The number of morpholine rings is 1. The van der Waals surface area contributed by atoms with Gasteiger partial charge in [0.25, 0.3) is 0 Å². The lowest BCUT2D eigenvalue weighted by molar-refractivity contribution is -0.111. The number of amides is 1. The molecule has 0 aliphatic carbocycles. The monoisotopic (exact) mass is 558 g/mol. The highest BCUT2D eigenvalue weighted by Crippen LogP contribution is 2.30. The molecule has 1 aliphatic rings. The standard InChI is InChI=1S/C24H23IN4O2S/c1-2-23(30)27-18-5-9-20(10-6-18)32-24-21(25)16-26-22(28-24)15-17-3-7-19(8-4-17)29-11-13-31-14-12-29/h2-10,16H,1,11-15H2,(H,27,30). The van der Waals surface area contributed by atoms with Gasteiger partial charge in [-0.15, -0.1) is 0 Å². The minimum atomic E-state index is -0.224. The van der Waals surface area contributed by atoms with Crippen LogP contribution in [0.2, 0.25) is 0 Å². The van der Waals surface area contributed by atoms with Crippen LogP contribution in [0.15, 0.2) is 77.3 Å². The molecule has 8 heteroatoms. The summed E-state index contributed by atoms with van der Waals surface area (Å²) in [5.41, 5.74) is 3.14. The predicted molar refractivity (Wildman–Crippen MR) is 136 cm³/mol. The van der Waals surface area contributed by atoms with Crippen LogP contribution in [0.4, 0.5) is 11.4 Å². The quantitative estimate of drug-likeness (QED) is 0.256. The third-order valence-corrected chi connectivity index (χ3v) is 7.13. The van der Waals surface area contributed by atoms with E-state index in [-0.39, 0.29) is 5.91 Å². The first kappa shape index (κ1) is 22.8. The van der Waals surface area contributed by atoms with Crippen LogP contribution in [0, 0.1) is 3.57 Å². The number of anilines is 2. The molecule has 1 amide bonds. The predicted octanol–water partition coefficient (Wildman–Crippen LogP) is 4.78.